The minimum atomic E-state index is -0.0188. The third kappa shape index (κ3) is 35.7. The summed E-state index contributed by atoms with van der Waals surface area (Å²) in [6.45, 7) is 15.4. The molecule has 0 bridgehead atoms. The molecule has 318 valence electrons. The molecule has 0 aliphatic carbocycles. The summed E-state index contributed by atoms with van der Waals surface area (Å²) in [4.78, 5) is 29.5. The Balaban J connectivity index is 4.36. The number of nitrogens with one attached hydrogen (secondary N) is 1. The molecule has 1 N–H and O–H groups in total. The van der Waals surface area contributed by atoms with E-state index in [2.05, 4.69) is 43.3 Å². The van der Waals surface area contributed by atoms with Crippen LogP contribution in [0.5, 0.6) is 0 Å². The van der Waals surface area contributed by atoms with Gasteiger partial charge in [0.15, 0.2) is 0 Å². The Morgan fingerprint density at radius 2 is 0.981 bits per heavy atom. The summed E-state index contributed by atoms with van der Waals surface area (Å²) in [5.74, 6) is 0.943. The zero-order valence-corrected chi connectivity index (χ0v) is 36.8. The van der Waals surface area contributed by atoms with E-state index in [4.69, 9.17) is 9.47 Å². The molecule has 0 heterocycles. The third-order valence-electron chi connectivity index (χ3n) is 10.6. The lowest BCUT2D eigenvalue weighted by Gasteiger charge is -2.23. The Morgan fingerprint density at radius 3 is 1.50 bits per heavy atom. The van der Waals surface area contributed by atoms with E-state index >= 15 is 0 Å². The first-order valence-electron chi connectivity index (χ1n) is 23.3. The van der Waals surface area contributed by atoms with Gasteiger partial charge in [-0.1, -0.05) is 155 Å². The summed E-state index contributed by atoms with van der Waals surface area (Å²) >= 11 is 0. The van der Waals surface area contributed by atoms with Crippen LogP contribution in [0.15, 0.2) is 18.1 Å². The fourth-order valence-electron chi connectivity index (χ4n) is 7.09. The second-order valence-corrected chi connectivity index (χ2v) is 16.1. The lowest BCUT2D eigenvalue weighted by molar-refractivity contribution is -0.150. The highest BCUT2D eigenvalue weighted by molar-refractivity contribution is 5.69. The van der Waals surface area contributed by atoms with Crippen molar-refractivity contribution in [2.45, 2.75) is 226 Å². The summed E-state index contributed by atoms with van der Waals surface area (Å²) in [6, 6.07) is 0. The van der Waals surface area contributed by atoms with Crippen molar-refractivity contribution >= 4 is 11.9 Å². The molecular formula is C47H91N3O4. The van der Waals surface area contributed by atoms with Crippen molar-refractivity contribution in [3.05, 3.63) is 18.1 Å². The molecule has 7 heteroatoms. The summed E-state index contributed by atoms with van der Waals surface area (Å²) in [5.41, 5.74) is 2.99. The molecule has 0 saturated heterocycles. The maximum atomic E-state index is 12.7. The number of carbonyl (C=O) groups excluding carboxylic acids is 2. The van der Waals surface area contributed by atoms with Crippen molar-refractivity contribution in [2.24, 2.45) is 0 Å². The number of hydrogen-bond donors (Lipinski definition) is 1. The molecule has 0 saturated carbocycles. The number of esters is 2. The second-order valence-electron chi connectivity index (χ2n) is 16.1. The zero-order valence-electron chi connectivity index (χ0n) is 36.8. The average Bonchev–Trinajstić information content (AvgIpc) is 3.15. The Morgan fingerprint density at radius 1 is 0.556 bits per heavy atom. The molecule has 0 fully saturated rings. The van der Waals surface area contributed by atoms with Crippen molar-refractivity contribution in [3.63, 3.8) is 0 Å². The Labute approximate surface area is 336 Å². The summed E-state index contributed by atoms with van der Waals surface area (Å²) in [5, 5.41) is 3.46. The van der Waals surface area contributed by atoms with E-state index in [1.165, 1.54) is 135 Å². The van der Waals surface area contributed by atoms with Gasteiger partial charge in [-0.25, -0.2) is 0 Å². The van der Waals surface area contributed by atoms with Crippen molar-refractivity contribution < 1.29 is 19.1 Å². The molecule has 0 aromatic rings. The predicted molar refractivity (Wildman–Crippen MR) is 232 cm³/mol. The van der Waals surface area contributed by atoms with E-state index in [9.17, 15) is 9.59 Å². The van der Waals surface area contributed by atoms with Crippen LogP contribution in [0.2, 0.25) is 0 Å². The second kappa shape index (κ2) is 40.7. The minimum absolute atomic E-state index is 0.0188. The SMILES string of the molecule is C=C=C(NCCCN(CCCCCCCC(=O)OCCCCCCCCC)CCCCCCCC(=O)OC(CCCCCC)CCCCCCC)N(C)C. The van der Waals surface area contributed by atoms with Gasteiger partial charge in [0.1, 0.15) is 11.9 Å². The lowest BCUT2D eigenvalue weighted by Crippen LogP contribution is -2.31. The molecule has 0 rings (SSSR count). The summed E-state index contributed by atoms with van der Waals surface area (Å²) < 4.78 is 11.5. The molecule has 1 unspecified atom stereocenters. The van der Waals surface area contributed by atoms with Crippen LogP contribution in [0, 0.1) is 0 Å². The van der Waals surface area contributed by atoms with Crippen LogP contribution in [-0.4, -0.2) is 74.7 Å². The number of hydrogen-bond acceptors (Lipinski definition) is 7. The number of carbonyl (C=O) groups is 2. The van der Waals surface area contributed by atoms with Gasteiger partial charge in [0.05, 0.1) is 6.61 Å². The van der Waals surface area contributed by atoms with Crippen LogP contribution in [0.1, 0.15) is 220 Å². The summed E-state index contributed by atoms with van der Waals surface area (Å²) in [6.07, 6.45) is 35.6. The van der Waals surface area contributed by atoms with E-state index in [1.807, 2.05) is 19.0 Å². The van der Waals surface area contributed by atoms with Crippen LogP contribution in [0.3, 0.4) is 0 Å². The van der Waals surface area contributed by atoms with Gasteiger partial charge in [-0.05, 0) is 83.8 Å². The molecule has 0 aromatic heterocycles. The highest BCUT2D eigenvalue weighted by atomic mass is 16.5. The van der Waals surface area contributed by atoms with Gasteiger partial charge >= 0.3 is 11.9 Å². The van der Waals surface area contributed by atoms with Gasteiger partial charge < -0.3 is 24.6 Å². The van der Waals surface area contributed by atoms with Gasteiger partial charge in [0.2, 0.25) is 0 Å². The third-order valence-corrected chi connectivity index (χ3v) is 10.6. The van der Waals surface area contributed by atoms with Crippen LogP contribution >= 0.6 is 0 Å². The van der Waals surface area contributed by atoms with Crippen molar-refractivity contribution in [1.82, 2.24) is 15.1 Å². The van der Waals surface area contributed by atoms with E-state index in [-0.39, 0.29) is 18.0 Å². The molecule has 7 nitrogen and oxygen atoms in total. The monoisotopic (exact) mass is 762 g/mol. The Hall–Kier alpha value is -1.98. The van der Waals surface area contributed by atoms with Crippen LogP contribution in [0.4, 0.5) is 0 Å². The van der Waals surface area contributed by atoms with E-state index in [1.54, 1.807) is 0 Å². The number of ether oxygens (including phenoxy) is 2. The van der Waals surface area contributed by atoms with Gasteiger partial charge in [-0.15, -0.1) is 0 Å². The Bertz CT molecular complexity index is 888. The highest BCUT2D eigenvalue weighted by Gasteiger charge is 2.14. The van der Waals surface area contributed by atoms with E-state index < -0.39 is 0 Å². The van der Waals surface area contributed by atoms with Gasteiger partial charge in [-0.3, -0.25) is 9.59 Å². The van der Waals surface area contributed by atoms with Gasteiger partial charge in [0.25, 0.3) is 0 Å². The van der Waals surface area contributed by atoms with Gasteiger partial charge in [0, 0.05) is 33.5 Å². The molecule has 0 radical (unpaired) electrons. The summed E-state index contributed by atoms with van der Waals surface area (Å²) in [7, 11) is 4.03. The van der Waals surface area contributed by atoms with Crippen LogP contribution in [0.25, 0.3) is 0 Å². The van der Waals surface area contributed by atoms with Crippen molar-refractivity contribution in [1.29, 1.82) is 0 Å². The number of unbranched alkanes of at least 4 members (excludes halogenated alkanes) is 21. The standard InChI is InChI=1S/C47H91N3O4/c1-7-11-14-17-18-26-33-43-53-46(51)37-29-22-19-24-31-40-50(42-34-39-48-45(10-4)49(5)6)41-32-25-20-23-30-38-47(52)54-44(35-27-16-13-9-3)36-28-21-15-12-8-2/h44,48H,4,7-9,11-43H2,1-3,5-6H3. The first kappa shape index (κ1) is 52.0. The molecule has 0 spiro atoms. The fourth-order valence-corrected chi connectivity index (χ4v) is 7.09. The molecule has 54 heavy (non-hydrogen) atoms. The molecule has 0 aliphatic heterocycles. The molecule has 0 aliphatic rings. The maximum absolute atomic E-state index is 12.7. The number of nitrogens with zero attached hydrogens (tertiary/aromatic N) is 2. The van der Waals surface area contributed by atoms with Gasteiger partial charge in [-0.2, -0.15) is 0 Å². The minimum Gasteiger partial charge on any atom is -0.466 e. The number of rotatable bonds is 42. The van der Waals surface area contributed by atoms with E-state index in [0.717, 1.165) is 83.4 Å². The molecule has 1 atom stereocenters. The van der Waals surface area contributed by atoms with Crippen molar-refractivity contribution in [2.75, 3.05) is 46.9 Å². The van der Waals surface area contributed by atoms with Crippen LogP contribution < -0.4 is 5.32 Å². The zero-order chi connectivity index (χ0) is 39.7. The first-order valence-corrected chi connectivity index (χ1v) is 23.3. The fraction of sp³-hybridized carbons (Fsp3) is 0.894. The average molecular weight is 762 g/mol. The molecule has 0 amide bonds. The van der Waals surface area contributed by atoms with Crippen LogP contribution in [-0.2, 0) is 19.1 Å². The first-order chi connectivity index (χ1) is 26.4. The smallest absolute Gasteiger partial charge is 0.306 e. The molecule has 0 aromatic carbocycles. The Kier molecular flexibility index (Phi) is 39.2. The van der Waals surface area contributed by atoms with Crippen molar-refractivity contribution in [3.8, 4) is 0 Å². The largest absolute Gasteiger partial charge is 0.466 e. The maximum Gasteiger partial charge on any atom is 0.306 e. The molecular weight excluding hydrogens is 671 g/mol. The van der Waals surface area contributed by atoms with E-state index in [0.29, 0.717) is 19.4 Å². The normalized spacial score (nSPS) is 11.7. The topological polar surface area (TPSA) is 71.1 Å². The predicted octanol–water partition coefficient (Wildman–Crippen LogP) is 12.7. The lowest BCUT2D eigenvalue weighted by atomic mass is 10.0. The quantitative estimate of drug-likeness (QED) is 0.0377. The highest BCUT2D eigenvalue weighted by Crippen LogP contribution is 2.18.